The van der Waals surface area contributed by atoms with E-state index in [1.165, 1.54) is 22.9 Å². The Labute approximate surface area is 193 Å². The number of rotatable bonds is 7. The van der Waals surface area contributed by atoms with Crippen LogP contribution in [-0.4, -0.2) is 46.9 Å². The van der Waals surface area contributed by atoms with Crippen molar-refractivity contribution in [2.75, 3.05) is 26.5 Å². The molecule has 0 N–H and O–H groups in total. The first kappa shape index (κ1) is 22.3. The van der Waals surface area contributed by atoms with Crippen molar-refractivity contribution in [1.29, 1.82) is 0 Å². The van der Waals surface area contributed by atoms with Gasteiger partial charge in [0, 0.05) is 30.6 Å². The molecule has 32 heavy (non-hydrogen) atoms. The molecule has 1 amide bonds. The van der Waals surface area contributed by atoms with Crippen molar-refractivity contribution in [3.63, 3.8) is 0 Å². The fourth-order valence-corrected chi connectivity index (χ4v) is 5.10. The van der Waals surface area contributed by atoms with Crippen molar-refractivity contribution in [3.05, 3.63) is 65.5 Å². The van der Waals surface area contributed by atoms with Crippen molar-refractivity contribution in [2.24, 2.45) is 0 Å². The van der Waals surface area contributed by atoms with E-state index in [-0.39, 0.29) is 11.9 Å². The van der Waals surface area contributed by atoms with Crippen LogP contribution in [0.5, 0.6) is 11.5 Å². The van der Waals surface area contributed by atoms with E-state index in [4.69, 9.17) is 9.47 Å². The molecule has 1 aromatic heterocycles. The quantitative estimate of drug-likeness (QED) is 0.475. The summed E-state index contributed by atoms with van der Waals surface area (Å²) >= 11 is 1.48. The summed E-state index contributed by atoms with van der Waals surface area (Å²) in [4.78, 5) is 19.7. The highest BCUT2D eigenvalue weighted by atomic mass is 32.2. The van der Waals surface area contributed by atoms with Crippen molar-refractivity contribution in [3.8, 4) is 17.2 Å². The first-order valence-electron chi connectivity index (χ1n) is 10.8. The number of benzene rings is 2. The molecule has 1 unspecified atom stereocenters. The van der Waals surface area contributed by atoms with Crippen LogP contribution in [0.15, 0.2) is 53.9 Å². The average molecular weight is 452 g/mol. The van der Waals surface area contributed by atoms with E-state index < -0.39 is 0 Å². The summed E-state index contributed by atoms with van der Waals surface area (Å²) in [5.41, 5.74) is 4.49. The van der Waals surface area contributed by atoms with Crippen LogP contribution in [-0.2, 0) is 4.79 Å². The lowest BCUT2D eigenvalue weighted by Gasteiger charge is -2.26. The predicted molar refractivity (Wildman–Crippen MR) is 127 cm³/mol. The first-order chi connectivity index (χ1) is 15.5. The Morgan fingerprint density at radius 3 is 2.78 bits per heavy atom. The van der Waals surface area contributed by atoms with E-state index >= 15 is 0 Å². The highest BCUT2D eigenvalue weighted by molar-refractivity contribution is 7.99. The molecule has 0 spiro atoms. The van der Waals surface area contributed by atoms with E-state index in [0.29, 0.717) is 5.75 Å². The molecule has 0 radical (unpaired) electrons. The number of amides is 1. The minimum absolute atomic E-state index is 0.0164. The molecule has 1 aliphatic rings. The van der Waals surface area contributed by atoms with Gasteiger partial charge in [-0.05, 0) is 56.0 Å². The molecule has 3 aromatic rings. The highest BCUT2D eigenvalue weighted by Gasteiger charge is 2.32. The number of carbonyl (C=O) groups excluding carboxylic acids is 1. The van der Waals surface area contributed by atoms with Crippen LogP contribution in [0.25, 0.3) is 5.69 Å². The number of aryl methyl sites for hydroxylation is 2. The minimum atomic E-state index is 0.0164. The zero-order valence-electron chi connectivity index (χ0n) is 19.0. The number of imidazole rings is 1. The predicted octanol–water partition coefficient (Wildman–Crippen LogP) is 4.96. The van der Waals surface area contributed by atoms with Gasteiger partial charge in [-0.25, -0.2) is 4.98 Å². The number of nitrogens with zero attached hydrogens (tertiary/aromatic N) is 3. The number of ether oxygens (including phenoxy) is 2. The largest absolute Gasteiger partial charge is 0.497 e. The fraction of sp³-hybridized carbons (Fsp3) is 0.360. The molecule has 1 aliphatic heterocycles. The molecule has 1 fully saturated rings. The molecular weight excluding hydrogens is 422 g/mol. The van der Waals surface area contributed by atoms with E-state index in [1.54, 1.807) is 20.4 Å². The third kappa shape index (κ3) is 4.48. The second-order valence-electron chi connectivity index (χ2n) is 8.01. The van der Waals surface area contributed by atoms with Crippen LogP contribution in [0.1, 0.15) is 35.6 Å². The molecule has 4 rings (SSSR count). The number of hydrogen-bond donors (Lipinski definition) is 0. The van der Waals surface area contributed by atoms with Crippen molar-refractivity contribution < 1.29 is 14.3 Å². The molecule has 1 saturated heterocycles. The van der Waals surface area contributed by atoms with Crippen LogP contribution >= 0.6 is 11.8 Å². The molecule has 6 nitrogen and oxygen atoms in total. The van der Waals surface area contributed by atoms with Gasteiger partial charge in [-0.3, -0.25) is 9.36 Å². The smallest absolute Gasteiger partial charge is 0.233 e. The molecule has 0 aliphatic carbocycles. The standard InChI is InChI=1S/C25H29N3O3S/c1-17-7-8-18(2)22(14-17)28-13-11-26-25(28)32-16-24(29)27-12-5-6-21(27)20-10-9-19(30-3)15-23(20)31-4/h7-11,13-15,21H,5-6,12,16H2,1-4H3. The average Bonchev–Trinajstić information content (AvgIpc) is 3.48. The van der Waals surface area contributed by atoms with Crippen LogP contribution in [0, 0.1) is 13.8 Å². The molecule has 0 bridgehead atoms. The minimum Gasteiger partial charge on any atom is -0.497 e. The Balaban J connectivity index is 1.50. The summed E-state index contributed by atoms with van der Waals surface area (Å²) in [6.45, 7) is 4.92. The molecule has 0 saturated carbocycles. The molecule has 7 heteroatoms. The van der Waals surface area contributed by atoms with Gasteiger partial charge >= 0.3 is 0 Å². The van der Waals surface area contributed by atoms with Crippen molar-refractivity contribution in [1.82, 2.24) is 14.5 Å². The van der Waals surface area contributed by atoms with Crippen LogP contribution < -0.4 is 9.47 Å². The molecule has 2 aromatic carbocycles. The molecular formula is C25H29N3O3S. The maximum absolute atomic E-state index is 13.2. The SMILES string of the molecule is COc1ccc(C2CCCN2C(=O)CSc2nccn2-c2cc(C)ccc2C)c(OC)c1. The van der Waals surface area contributed by atoms with Gasteiger partial charge in [-0.2, -0.15) is 0 Å². The Morgan fingerprint density at radius 1 is 1.16 bits per heavy atom. The third-order valence-electron chi connectivity index (χ3n) is 5.93. The number of likely N-dealkylation sites (tertiary alicyclic amines) is 1. The third-order valence-corrected chi connectivity index (χ3v) is 6.88. The van der Waals surface area contributed by atoms with Crippen molar-refractivity contribution in [2.45, 2.75) is 37.9 Å². The Kier molecular flexibility index (Phi) is 6.74. The lowest BCUT2D eigenvalue weighted by Crippen LogP contribution is -2.32. The monoisotopic (exact) mass is 451 g/mol. The Hall–Kier alpha value is -2.93. The van der Waals surface area contributed by atoms with Gasteiger partial charge in [-0.15, -0.1) is 0 Å². The molecule has 2 heterocycles. The zero-order valence-corrected chi connectivity index (χ0v) is 19.8. The van der Waals surface area contributed by atoms with Gasteiger partial charge in [-0.1, -0.05) is 23.9 Å². The van der Waals surface area contributed by atoms with Gasteiger partial charge in [0.2, 0.25) is 5.91 Å². The van der Waals surface area contributed by atoms with Gasteiger partial charge in [0.05, 0.1) is 31.7 Å². The normalized spacial score (nSPS) is 15.8. The van der Waals surface area contributed by atoms with E-state index in [2.05, 4.69) is 41.6 Å². The zero-order chi connectivity index (χ0) is 22.7. The van der Waals surface area contributed by atoms with Crippen molar-refractivity contribution >= 4 is 17.7 Å². The molecule has 1 atom stereocenters. The summed E-state index contributed by atoms with van der Waals surface area (Å²) in [6.07, 6.45) is 5.65. The van der Waals surface area contributed by atoms with Crippen LogP contribution in [0.3, 0.4) is 0 Å². The van der Waals surface area contributed by atoms with Gasteiger partial charge < -0.3 is 14.4 Å². The van der Waals surface area contributed by atoms with Gasteiger partial charge in [0.1, 0.15) is 11.5 Å². The maximum atomic E-state index is 13.2. The van der Waals surface area contributed by atoms with E-state index in [1.807, 2.05) is 29.3 Å². The van der Waals surface area contributed by atoms with Gasteiger partial charge in [0.25, 0.3) is 0 Å². The Morgan fingerprint density at radius 2 is 2.00 bits per heavy atom. The summed E-state index contributed by atoms with van der Waals surface area (Å²) in [5, 5.41) is 0.824. The second-order valence-corrected chi connectivity index (χ2v) is 8.95. The second kappa shape index (κ2) is 9.69. The lowest BCUT2D eigenvalue weighted by molar-refractivity contribution is -0.129. The number of aromatic nitrogens is 2. The number of methoxy groups -OCH3 is 2. The summed E-state index contributed by atoms with van der Waals surface area (Å²) in [5.74, 6) is 1.96. The summed E-state index contributed by atoms with van der Waals surface area (Å²) < 4.78 is 13.0. The van der Waals surface area contributed by atoms with E-state index in [9.17, 15) is 4.79 Å². The summed E-state index contributed by atoms with van der Waals surface area (Å²) in [7, 11) is 3.29. The van der Waals surface area contributed by atoms with E-state index in [0.717, 1.165) is 47.3 Å². The lowest BCUT2D eigenvalue weighted by atomic mass is 10.0. The van der Waals surface area contributed by atoms with Crippen LogP contribution in [0.2, 0.25) is 0 Å². The number of thioether (sulfide) groups is 1. The maximum Gasteiger partial charge on any atom is 0.233 e. The highest BCUT2D eigenvalue weighted by Crippen LogP contribution is 2.39. The summed E-state index contributed by atoms with van der Waals surface area (Å²) in [6, 6.07) is 12.2. The first-order valence-corrected chi connectivity index (χ1v) is 11.8. The topological polar surface area (TPSA) is 56.6 Å². The van der Waals surface area contributed by atoms with Crippen LogP contribution in [0.4, 0.5) is 0 Å². The molecule has 168 valence electrons. The number of hydrogen-bond acceptors (Lipinski definition) is 5. The fourth-order valence-electron chi connectivity index (χ4n) is 4.25. The Bertz CT molecular complexity index is 1110. The van der Waals surface area contributed by atoms with Gasteiger partial charge in [0.15, 0.2) is 5.16 Å². The number of carbonyl (C=O) groups is 1.